The van der Waals surface area contributed by atoms with Crippen molar-refractivity contribution in [2.75, 3.05) is 13.2 Å². The van der Waals surface area contributed by atoms with E-state index in [1.165, 1.54) is 0 Å². The molecule has 1 aliphatic heterocycles. The van der Waals surface area contributed by atoms with Crippen molar-refractivity contribution in [1.82, 2.24) is 9.55 Å². The van der Waals surface area contributed by atoms with E-state index in [1.54, 1.807) is 0 Å². The first-order chi connectivity index (χ1) is 10.3. The lowest BCUT2D eigenvalue weighted by molar-refractivity contribution is 0.171. The molecular formula is C16H13ClN2O2. The molecule has 1 aromatic heterocycles. The number of halogens is 1. The number of rotatable bonds is 2. The molecule has 0 atom stereocenters. The number of benzene rings is 2. The van der Waals surface area contributed by atoms with Gasteiger partial charge in [0.25, 0.3) is 0 Å². The van der Waals surface area contributed by atoms with Crippen molar-refractivity contribution < 1.29 is 9.47 Å². The number of aromatic nitrogens is 2. The Hall–Kier alpha value is -2.20. The van der Waals surface area contributed by atoms with Crippen LogP contribution in [-0.2, 0) is 6.54 Å². The average Bonchev–Trinajstić information content (AvgIpc) is 2.91. The van der Waals surface area contributed by atoms with Gasteiger partial charge in [0.2, 0.25) is 0 Å². The molecule has 0 N–H and O–H groups in total. The molecule has 0 fully saturated rings. The van der Waals surface area contributed by atoms with Crippen molar-refractivity contribution in [1.29, 1.82) is 0 Å². The molecule has 0 bridgehead atoms. The van der Waals surface area contributed by atoms with Gasteiger partial charge in [-0.15, -0.1) is 0 Å². The van der Waals surface area contributed by atoms with E-state index < -0.39 is 0 Å². The van der Waals surface area contributed by atoms with Crippen LogP contribution < -0.4 is 9.47 Å². The van der Waals surface area contributed by atoms with E-state index in [1.807, 2.05) is 36.7 Å². The summed E-state index contributed by atoms with van der Waals surface area (Å²) in [4.78, 5) is 4.40. The number of hydrogen-bond donors (Lipinski definition) is 0. The number of imidazole rings is 1. The Morgan fingerprint density at radius 3 is 2.95 bits per heavy atom. The standard InChI is InChI=1S/C16H13ClN2O2/c17-12-7-11(8-15-16(12)21-6-5-20-15)9-19-10-18-13-3-1-2-4-14(13)19/h1-4,7-8,10H,5-6,9H2. The molecule has 0 spiro atoms. The predicted octanol–water partition coefficient (Wildman–Crippen LogP) is 3.51. The minimum atomic E-state index is 0.540. The lowest BCUT2D eigenvalue weighted by atomic mass is 10.2. The second-order valence-corrected chi connectivity index (χ2v) is 5.37. The zero-order valence-electron chi connectivity index (χ0n) is 11.3. The molecule has 0 saturated heterocycles. The maximum absolute atomic E-state index is 6.28. The lowest BCUT2D eigenvalue weighted by Crippen LogP contribution is -2.16. The summed E-state index contributed by atoms with van der Waals surface area (Å²) in [6, 6.07) is 12.0. The van der Waals surface area contributed by atoms with Crippen LogP contribution in [0.4, 0.5) is 0 Å². The Labute approximate surface area is 126 Å². The largest absolute Gasteiger partial charge is 0.486 e. The molecule has 4 nitrogen and oxygen atoms in total. The van der Waals surface area contributed by atoms with E-state index in [9.17, 15) is 0 Å². The predicted molar refractivity (Wildman–Crippen MR) is 81.3 cm³/mol. The van der Waals surface area contributed by atoms with Crippen molar-refractivity contribution in [2.24, 2.45) is 0 Å². The highest BCUT2D eigenvalue weighted by Gasteiger charge is 2.17. The van der Waals surface area contributed by atoms with Gasteiger partial charge in [0.05, 0.1) is 22.4 Å². The summed E-state index contributed by atoms with van der Waals surface area (Å²) >= 11 is 6.28. The number of hydrogen-bond acceptors (Lipinski definition) is 3. The van der Waals surface area contributed by atoms with Gasteiger partial charge in [0.15, 0.2) is 11.5 Å². The van der Waals surface area contributed by atoms with Crippen LogP contribution in [0, 0.1) is 0 Å². The third-order valence-electron chi connectivity index (χ3n) is 3.54. The summed E-state index contributed by atoms with van der Waals surface area (Å²) in [6.07, 6.45) is 1.84. The van der Waals surface area contributed by atoms with Crippen LogP contribution in [0.25, 0.3) is 11.0 Å². The Bertz CT molecular complexity index is 813. The van der Waals surface area contributed by atoms with Crippen molar-refractivity contribution >= 4 is 22.6 Å². The van der Waals surface area contributed by atoms with Crippen molar-refractivity contribution in [3.63, 3.8) is 0 Å². The molecule has 0 saturated carbocycles. The fraction of sp³-hybridized carbons (Fsp3) is 0.188. The Morgan fingerprint density at radius 1 is 1.14 bits per heavy atom. The highest BCUT2D eigenvalue weighted by atomic mass is 35.5. The molecule has 0 amide bonds. The highest BCUT2D eigenvalue weighted by molar-refractivity contribution is 6.32. The maximum Gasteiger partial charge on any atom is 0.179 e. The van der Waals surface area contributed by atoms with Crippen LogP contribution in [-0.4, -0.2) is 22.8 Å². The van der Waals surface area contributed by atoms with E-state index in [0.29, 0.717) is 36.3 Å². The zero-order valence-corrected chi connectivity index (χ0v) is 12.0. The van der Waals surface area contributed by atoms with Gasteiger partial charge in [-0.1, -0.05) is 23.7 Å². The van der Waals surface area contributed by atoms with Crippen LogP contribution in [0.5, 0.6) is 11.5 Å². The SMILES string of the molecule is Clc1cc(Cn2cnc3ccccc32)cc2c1OCCO2. The van der Waals surface area contributed by atoms with Crippen LogP contribution in [0.2, 0.25) is 5.02 Å². The van der Waals surface area contributed by atoms with Crippen molar-refractivity contribution in [3.05, 3.63) is 53.3 Å². The minimum absolute atomic E-state index is 0.540. The summed E-state index contributed by atoms with van der Waals surface area (Å²) in [5, 5.41) is 0.589. The van der Waals surface area contributed by atoms with Gasteiger partial charge >= 0.3 is 0 Å². The average molecular weight is 301 g/mol. The molecule has 3 aromatic rings. The first-order valence-electron chi connectivity index (χ1n) is 6.79. The molecule has 106 valence electrons. The number of nitrogens with zero attached hydrogens (tertiary/aromatic N) is 2. The van der Waals surface area contributed by atoms with Crippen LogP contribution in [0.1, 0.15) is 5.56 Å². The summed E-state index contributed by atoms with van der Waals surface area (Å²) in [7, 11) is 0. The number of para-hydroxylation sites is 2. The quantitative estimate of drug-likeness (QED) is 0.726. The van der Waals surface area contributed by atoms with E-state index in [-0.39, 0.29) is 0 Å². The summed E-state index contributed by atoms with van der Waals surface area (Å²) < 4.78 is 13.3. The fourth-order valence-corrected chi connectivity index (χ4v) is 2.88. The summed E-state index contributed by atoms with van der Waals surface area (Å²) in [5.74, 6) is 1.36. The highest BCUT2D eigenvalue weighted by Crippen LogP contribution is 2.38. The molecule has 0 aliphatic carbocycles. The van der Waals surface area contributed by atoms with Gasteiger partial charge in [-0.2, -0.15) is 0 Å². The van der Waals surface area contributed by atoms with Gasteiger partial charge in [-0.25, -0.2) is 4.98 Å². The molecule has 0 unspecified atom stereocenters. The molecule has 21 heavy (non-hydrogen) atoms. The van der Waals surface area contributed by atoms with Crippen molar-refractivity contribution in [2.45, 2.75) is 6.54 Å². The third-order valence-corrected chi connectivity index (χ3v) is 3.82. The van der Waals surface area contributed by atoms with Gasteiger partial charge in [-0.3, -0.25) is 0 Å². The molecule has 2 aromatic carbocycles. The number of fused-ring (bicyclic) bond motifs is 2. The molecule has 5 heteroatoms. The smallest absolute Gasteiger partial charge is 0.179 e. The minimum Gasteiger partial charge on any atom is -0.486 e. The van der Waals surface area contributed by atoms with E-state index >= 15 is 0 Å². The van der Waals surface area contributed by atoms with Crippen molar-refractivity contribution in [3.8, 4) is 11.5 Å². The molecule has 1 aliphatic rings. The Kier molecular flexibility index (Phi) is 2.97. The van der Waals surface area contributed by atoms with E-state index in [0.717, 1.165) is 16.6 Å². The number of ether oxygens (including phenoxy) is 2. The third kappa shape index (κ3) is 2.21. The van der Waals surface area contributed by atoms with Gasteiger partial charge in [-0.05, 0) is 29.8 Å². The topological polar surface area (TPSA) is 36.3 Å². The van der Waals surface area contributed by atoms with Crippen LogP contribution in [0.3, 0.4) is 0 Å². The Morgan fingerprint density at radius 2 is 2.00 bits per heavy atom. The molecule has 0 radical (unpaired) electrons. The van der Waals surface area contributed by atoms with E-state index in [4.69, 9.17) is 21.1 Å². The lowest BCUT2D eigenvalue weighted by Gasteiger charge is -2.20. The first kappa shape index (κ1) is 12.5. The monoisotopic (exact) mass is 300 g/mol. The zero-order chi connectivity index (χ0) is 14.2. The molecule has 4 rings (SSSR count). The first-order valence-corrected chi connectivity index (χ1v) is 7.17. The van der Waals surface area contributed by atoms with Crippen LogP contribution in [0.15, 0.2) is 42.7 Å². The van der Waals surface area contributed by atoms with Crippen LogP contribution >= 0.6 is 11.6 Å². The maximum atomic E-state index is 6.28. The fourth-order valence-electron chi connectivity index (χ4n) is 2.59. The Balaban J connectivity index is 1.73. The summed E-state index contributed by atoms with van der Waals surface area (Å²) in [5.41, 5.74) is 3.15. The van der Waals surface area contributed by atoms with Gasteiger partial charge < -0.3 is 14.0 Å². The summed E-state index contributed by atoms with van der Waals surface area (Å²) in [6.45, 7) is 1.79. The molecule has 2 heterocycles. The second-order valence-electron chi connectivity index (χ2n) is 4.96. The van der Waals surface area contributed by atoms with E-state index in [2.05, 4.69) is 15.6 Å². The molecular weight excluding hydrogens is 288 g/mol. The normalized spacial score (nSPS) is 13.6. The van der Waals surface area contributed by atoms with Gasteiger partial charge in [0, 0.05) is 6.54 Å². The second kappa shape index (κ2) is 4.97. The van der Waals surface area contributed by atoms with Gasteiger partial charge in [0.1, 0.15) is 13.2 Å².